The zero-order valence-electron chi connectivity index (χ0n) is 20.3. The summed E-state index contributed by atoms with van der Waals surface area (Å²) in [6, 6.07) is 0. The molecule has 5 heteroatoms. The van der Waals surface area contributed by atoms with Gasteiger partial charge in [-0.05, 0) is 80.0 Å². The number of hydrogen-bond donors (Lipinski definition) is 2. The second-order valence-electron chi connectivity index (χ2n) is 11.5. The van der Waals surface area contributed by atoms with Gasteiger partial charge in [-0.1, -0.05) is 70.1 Å². The molecule has 8 atom stereocenters. The number of halogens is 3. The largest absolute Gasteiger partial charge is 0.417 e. The minimum atomic E-state index is -4.62. The molecule has 0 aliphatic heterocycles. The molecule has 0 heterocycles. The van der Waals surface area contributed by atoms with Crippen LogP contribution in [-0.2, 0) is 0 Å². The lowest BCUT2D eigenvalue weighted by molar-refractivity contribution is -0.187. The first-order chi connectivity index (χ1) is 14.7. The topological polar surface area (TPSA) is 40.5 Å². The SMILES string of the molecule is C=C1C[C@@](C)(O)CC[C@]1(C)[C@H]1CC[C@]2(C)C([C@H](C)/C=C/C(O)C(F)(F)F)=CC[C@H]2[C@@H]1CC. The van der Waals surface area contributed by atoms with Crippen LogP contribution in [0.1, 0.15) is 79.6 Å². The van der Waals surface area contributed by atoms with Crippen LogP contribution in [0.3, 0.4) is 0 Å². The predicted molar refractivity (Wildman–Crippen MR) is 123 cm³/mol. The molecule has 2 saturated carbocycles. The van der Waals surface area contributed by atoms with Crippen molar-refractivity contribution in [2.75, 3.05) is 0 Å². The quantitative estimate of drug-likeness (QED) is 0.440. The van der Waals surface area contributed by atoms with E-state index in [1.54, 1.807) is 0 Å². The highest BCUT2D eigenvalue weighted by Gasteiger charge is 2.55. The van der Waals surface area contributed by atoms with Crippen molar-refractivity contribution in [3.8, 4) is 0 Å². The van der Waals surface area contributed by atoms with Gasteiger partial charge in [-0.15, -0.1) is 0 Å². The number of rotatable bonds is 5. The lowest BCUT2D eigenvalue weighted by Gasteiger charge is -2.56. The summed E-state index contributed by atoms with van der Waals surface area (Å²) in [6.45, 7) is 15.2. The number of aliphatic hydroxyl groups is 2. The molecule has 3 aliphatic rings. The minimum Gasteiger partial charge on any atom is -0.390 e. The number of aliphatic hydroxyl groups excluding tert-OH is 1. The third kappa shape index (κ3) is 4.49. The van der Waals surface area contributed by atoms with E-state index in [9.17, 15) is 23.4 Å². The summed E-state index contributed by atoms with van der Waals surface area (Å²) in [4.78, 5) is 0. The van der Waals surface area contributed by atoms with Gasteiger partial charge in [0.05, 0.1) is 5.60 Å². The first kappa shape index (κ1) is 25.6. The Morgan fingerprint density at radius 2 is 1.78 bits per heavy atom. The Labute approximate surface area is 191 Å². The summed E-state index contributed by atoms with van der Waals surface area (Å²) >= 11 is 0. The Kier molecular flexibility index (Phi) is 6.88. The fourth-order valence-electron chi connectivity index (χ4n) is 7.34. The number of hydrogen-bond acceptors (Lipinski definition) is 2. The van der Waals surface area contributed by atoms with Crippen LogP contribution in [0.2, 0.25) is 0 Å². The van der Waals surface area contributed by atoms with E-state index < -0.39 is 17.9 Å². The van der Waals surface area contributed by atoms with Gasteiger partial charge in [0.25, 0.3) is 0 Å². The van der Waals surface area contributed by atoms with Crippen LogP contribution < -0.4 is 0 Å². The van der Waals surface area contributed by atoms with Crippen molar-refractivity contribution in [2.45, 2.75) is 97.4 Å². The Bertz CT molecular complexity index is 780. The third-order valence-electron chi connectivity index (χ3n) is 9.36. The van der Waals surface area contributed by atoms with Crippen molar-refractivity contribution in [3.63, 3.8) is 0 Å². The molecule has 0 aromatic carbocycles. The lowest BCUT2D eigenvalue weighted by Crippen LogP contribution is -2.49. The molecule has 2 nitrogen and oxygen atoms in total. The number of fused-ring (bicyclic) bond motifs is 1. The van der Waals surface area contributed by atoms with Gasteiger partial charge in [0.15, 0.2) is 6.10 Å². The molecule has 32 heavy (non-hydrogen) atoms. The molecule has 0 amide bonds. The Balaban J connectivity index is 1.80. The minimum absolute atomic E-state index is 0.0232. The summed E-state index contributed by atoms with van der Waals surface area (Å²) in [5, 5.41) is 19.9. The molecule has 0 spiro atoms. The standard InChI is InChI=1S/C27H41F3O2/c1-7-19-21-10-9-20(17(2)8-11-23(31)27(28,29)30)26(21,6)13-12-22(19)25(5)15-14-24(4,32)16-18(25)3/h8-9,11,17,19,21-23,31-32H,3,7,10,12-16H2,1-2,4-6H3/b11-8+/t17-,19+,21+,22+,23?,24+,25+,26-/m1/s1. The second kappa shape index (κ2) is 8.61. The maximum absolute atomic E-state index is 12.7. The van der Waals surface area contributed by atoms with Crippen LogP contribution in [-0.4, -0.2) is 28.1 Å². The lowest BCUT2D eigenvalue weighted by atomic mass is 9.48. The predicted octanol–water partition coefficient (Wildman–Crippen LogP) is 6.99. The molecule has 3 aliphatic carbocycles. The van der Waals surface area contributed by atoms with Gasteiger partial charge in [0, 0.05) is 0 Å². The molecule has 0 aromatic rings. The summed E-state index contributed by atoms with van der Waals surface area (Å²) < 4.78 is 38.1. The summed E-state index contributed by atoms with van der Waals surface area (Å²) in [6.07, 6.45) is 4.17. The van der Waals surface area contributed by atoms with E-state index in [0.29, 0.717) is 24.2 Å². The van der Waals surface area contributed by atoms with Gasteiger partial charge in [-0.3, -0.25) is 0 Å². The van der Waals surface area contributed by atoms with Crippen LogP contribution in [0.5, 0.6) is 0 Å². The molecule has 0 radical (unpaired) electrons. The molecule has 2 N–H and O–H groups in total. The summed E-state index contributed by atoms with van der Waals surface area (Å²) in [5.41, 5.74) is 1.73. The highest BCUT2D eigenvalue weighted by molar-refractivity contribution is 5.30. The molecule has 2 fully saturated rings. The molecule has 3 rings (SSSR count). The van der Waals surface area contributed by atoms with Gasteiger partial charge < -0.3 is 10.2 Å². The Hall–Kier alpha value is -1.07. The van der Waals surface area contributed by atoms with E-state index in [1.807, 2.05) is 13.8 Å². The van der Waals surface area contributed by atoms with Crippen molar-refractivity contribution in [1.29, 1.82) is 0 Å². The Morgan fingerprint density at radius 3 is 2.34 bits per heavy atom. The maximum atomic E-state index is 12.7. The summed E-state index contributed by atoms with van der Waals surface area (Å²) in [5.74, 6) is 1.37. The van der Waals surface area contributed by atoms with Crippen LogP contribution in [0.15, 0.2) is 36.0 Å². The number of allylic oxidation sites excluding steroid dienone is 3. The summed E-state index contributed by atoms with van der Waals surface area (Å²) in [7, 11) is 0. The van der Waals surface area contributed by atoms with Crippen molar-refractivity contribution < 1.29 is 23.4 Å². The van der Waals surface area contributed by atoms with Crippen LogP contribution >= 0.6 is 0 Å². The van der Waals surface area contributed by atoms with Gasteiger partial charge in [0.1, 0.15) is 0 Å². The molecule has 0 bridgehead atoms. The average Bonchev–Trinajstić information content (AvgIpc) is 3.04. The van der Waals surface area contributed by atoms with E-state index in [-0.39, 0.29) is 16.7 Å². The van der Waals surface area contributed by atoms with Gasteiger partial charge >= 0.3 is 6.18 Å². The maximum Gasteiger partial charge on any atom is 0.417 e. The van der Waals surface area contributed by atoms with E-state index in [2.05, 4.69) is 33.4 Å². The van der Waals surface area contributed by atoms with Crippen LogP contribution in [0, 0.1) is 34.5 Å². The zero-order chi connectivity index (χ0) is 24.1. The first-order valence-electron chi connectivity index (χ1n) is 12.2. The van der Waals surface area contributed by atoms with E-state index in [4.69, 9.17) is 0 Å². The van der Waals surface area contributed by atoms with E-state index >= 15 is 0 Å². The van der Waals surface area contributed by atoms with E-state index in [0.717, 1.165) is 44.6 Å². The monoisotopic (exact) mass is 454 g/mol. The van der Waals surface area contributed by atoms with Crippen LogP contribution in [0.4, 0.5) is 13.2 Å². The molecular weight excluding hydrogens is 413 g/mol. The fraction of sp³-hybridized carbons (Fsp3) is 0.778. The second-order valence-corrected chi connectivity index (χ2v) is 11.5. The molecule has 0 saturated heterocycles. The number of alkyl halides is 3. The van der Waals surface area contributed by atoms with Gasteiger partial charge in [-0.25, -0.2) is 0 Å². The van der Waals surface area contributed by atoms with Crippen LogP contribution in [0.25, 0.3) is 0 Å². The smallest absolute Gasteiger partial charge is 0.390 e. The average molecular weight is 455 g/mol. The molecule has 1 unspecified atom stereocenters. The third-order valence-corrected chi connectivity index (χ3v) is 9.36. The van der Waals surface area contributed by atoms with E-state index in [1.165, 1.54) is 17.2 Å². The molecule has 182 valence electrons. The van der Waals surface area contributed by atoms with Crippen molar-refractivity contribution in [2.24, 2.45) is 34.5 Å². The van der Waals surface area contributed by atoms with Crippen molar-refractivity contribution in [1.82, 2.24) is 0 Å². The Morgan fingerprint density at radius 1 is 1.12 bits per heavy atom. The highest BCUT2D eigenvalue weighted by atomic mass is 19.4. The van der Waals surface area contributed by atoms with Crippen molar-refractivity contribution >= 4 is 0 Å². The molecule has 0 aromatic heterocycles. The van der Waals surface area contributed by atoms with Gasteiger partial charge in [-0.2, -0.15) is 13.2 Å². The highest BCUT2D eigenvalue weighted by Crippen LogP contribution is 2.64. The fourth-order valence-corrected chi connectivity index (χ4v) is 7.34. The first-order valence-corrected chi connectivity index (χ1v) is 12.2. The van der Waals surface area contributed by atoms with Gasteiger partial charge in [0.2, 0.25) is 0 Å². The normalized spacial score (nSPS) is 42.6. The van der Waals surface area contributed by atoms with Crippen molar-refractivity contribution in [3.05, 3.63) is 36.0 Å². The molecular formula is C27H41F3O2. The zero-order valence-corrected chi connectivity index (χ0v) is 20.3.